The molecule has 3 aromatic rings. The highest BCUT2D eigenvalue weighted by Crippen LogP contribution is 2.30. The number of ether oxygens (including phenoxy) is 2. The van der Waals surface area contributed by atoms with Gasteiger partial charge in [0, 0.05) is 17.6 Å². The van der Waals surface area contributed by atoms with E-state index in [-0.39, 0.29) is 17.7 Å². The van der Waals surface area contributed by atoms with Gasteiger partial charge in [0.25, 0.3) is 0 Å². The molecule has 34 heavy (non-hydrogen) atoms. The Morgan fingerprint density at radius 2 is 1.85 bits per heavy atom. The highest BCUT2D eigenvalue weighted by Gasteiger charge is 2.23. The molecule has 180 valence electrons. The fraction of sp³-hybridized carbons (Fsp3) is 0.333. The Kier molecular flexibility index (Phi) is 8.64. The highest BCUT2D eigenvalue weighted by atomic mass is 32.2. The maximum absolute atomic E-state index is 13.8. The second-order valence-corrected chi connectivity index (χ2v) is 8.95. The summed E-state index contributed by atoms with van der Waals surface area (Å²) in [5.74, 6) is 0.725. The molecule has 3 rings (SSSR count). The lowest BCUT2D eigenvalue weighted by atomic mass is 10.0. The lowest BCUT2D eigenvalue weighted by Gasteiger charge is -2.21. The van der Waals surface area contributed by atoms with Gasteiger partial charge in [-0.15, -0.1) is 0 Å². The van der Waals surface area contributed by atoms with Crippen LogP contribution in [-0.4, -0.2) is 48.2 Å². The van der Waals surface area contributed by atoms with Crippen LogP contribution in [0.5, 0.6) is 5.75 Å². The van der Waals surface area contributed by atoms with Crippen molar-refractivity contribution in [1.82, 2.24) is 15.0 Å². The van der Waals surface area contributed by atoms with Gasteiger partial charge in [0.1, 0.15) is 17.6 Å². The van der Waals surface area contributed by atoms with Gasteiger partial charge in [0.15, 0.2) is 5.16 Å². The summed E-state index contributed by atoms with van der Waals surface area (Å²) < 4.78 is 24.0. The summed E-state index contributed by atoms with van der Waals surface area (Å²) in [5.41, 5.74) is 0.573. The monoisotopic (exact) mass is 485 g/mol. The van der Waals surface area contributed by atoms with Crippen molar-refractivity contribution in [2.24, 2.45) is 5.92 Å². The maximum Gasteiger partial charge on any atom is 0.328 e. The zero-order chi connectivity index (χ0) is 24.7. The number of halogens is 1. The largest absolute Gasteiger partial charge is 0.497 e. The number of carbonyl (C=O) groups is 1. The summed E-state index contributed by atoms with van der Waals surface area (Å²) in [6, 6.07) is 13.0. The van der Waals surface area contributed by atoms with Gasteiger partial charge in [-0.2, -0.15) is 15.0 Å². The Bertz CT molecular complexity index is 1110. The van der Waals surface area contributed by atoms with E-state index in [9.17, 15) is 9.18 Å². The Labute approximate surface area is 202 Å². The minimum absolute atomic E-state index is 0.223. The summed E-state index contributed by atoms with van der Waals surface area (Å²) in [6.07, 6.45) is 0.536. The predicted molar refractivity (Wildman–Crippen MR) is 130 cm³/mol. The van der Waals surface area contributed by atoms with Crippen molar-refractivity contribution < 1.29 is 18.7 Å². The van der Waals surface area contributed by atoms with E-state index in [0.29, 0.717) is 23.2 Å². The van der Waals surface area contributed by atoms with Crippen LogP contribution < -0.4 is 15.0 Å². The number of rotatable bonds is 10. The van der Waals surface area contributed by atoms with Gasteiger partial charge < -0.3 is 19.7 Å². The van der Waals surface area contributed by atoms with Gasteiger partial charge in [0.2, 0.25) is 11.9 Å². The third kappa shape index (κ3) is 6.80. The fourth-order valence-electron chi connectivity index (χ4n) is 3.14. The van der Waals surface area contributed by atoms with E-state index in [2.05, 4.69) is 20.3 Å². The van der Waals surface area contributed by atoms with Crippen LogP contribution in [0.25, 0.3) is 0 Å². The Morgan fingerprint density at radius 3 is 2.47 bits per heavy atom. The fourth-order valence-corrected chi connectivity index (χ4v) is 3.88. The standard InChI is InChI=1S/C24H28FN5O3S/c1-15(2)13-20(21(31)33-5)26-22-27-23(30(3)17-8-6-7-16(25)14-17)29-24(28-22)34-19-11-9-18(32-4)10-12-19/h6-12,14-15,20H,13H2,1-5H3,(H,26,27,28,29)/t20-/m0/s1. The van der Waals surface area contributed by atoms with Crippen LogP contribution >= 0.6 is 11.8 Å². The molecule has 0 aliphatic heterocycles. The lowest BCUT2D eigenvalue weighted by Crippen LogP contribution is -2.33. The summed E-state index contributed by atoms with van der Waals surface area (Å²) in [5, 5.41) is 3.50. The number of anilines is 3. The first kappa shape index (κ1) is 25.2. The normalized spacial score (nSPS) is 11.7. The molecule has 0 saturated carbocycles. The summed E-state index contributed by atoms with van der Waals surface area (Å²) in [7, 11) is 4.69. The van der Waals surface area contributed by atoms with Gasteiger partial charge >= 0.3 is 5.97 Å². The van der Waals surface area contributed by atoms with Crippen molar-refractivity contribution in [1.29, 1.82) is 0 Å². The molecule has 0 fully saturated rings. The van der Waals surface area contributed by atoms with E-state index in [1.807, 2.05) is 38.1 Å². The molecule has 1 heterocycles. The second-order valence-electron chi connectivity index (χ2n) is 7.91. The van der Waals surface area contributed by atoms with Crippen LogP contribution in [-0.2, 0) is 9.53 Å². The zero-order valence-corrected chi connectivity index (χ0v) is 20.6. The number of nitrogens with zero attached hydrogens (tertiary/aromatic N) is 4. The molecule has 0 unspecified atom stereocenters. The smallest absolute Gasteiger partial charge is 0.328 e. The van der Waals surface area contributed by atoms with Gasteiger partial charge in [-0.1, -0.05) is 19.9 Å². The summed E-state index contributed by atoms with van der Waals surface area (Å²) >= 11 is 1.33. The van der Waals surface area contributed by atoms with Crippen molar-refractivity contribution in [2.75, 3.05) is 31.5 Å². The van der Waals surface area contributed by atoms with Crippen molar-refractivity contribution in [3.05, 3.63) is 54.3 Å². The number of nitrogens with one attached hydrogen (secondary N) is 1. The molecule has 1 atom stereocenters. The van der Waals surface area contributed by atoms with Gasteiger partial charge in [-0.25, -0.2) is 9.18 Å². The molecule has 0 saturated heterocycles. The van der Waals surface area contributed by atoms with E-state index >= 15 is 0 Å². The minimum atomic E-state index is -0.626. The molecular weight excluding hydrogens is 457 g/mol. The first-order chi connectivity index (χ1) is 16.3. The molecule has 8 nitrogen and oxygen atoms in total. The number of aromatic nitrogens is 3. The molecule has 0 bridgehead atoms. The van der Waals surface area contributed by atoms with Crippen molar-refractivity contribution >= 4 is 35.3 Å². The Hall–Kier alpha value is -3.40. The maximum atomic E-state index is 13.8. The molecule has 1 N–H and O–H groups in total. The average Bonchev–Trinajstić information content (AvgIpc) is 2.82. The predicted octanol–water partition coefficient (Wildman–Crippen LogP) is 4.94. The van der Waals surface area contributed by atoms with E-state index in [0.717, 1.165) is 10.6 Å². The van der Waals surface area contributed by atoms with Gasteiger partial charge in [-0.3, -0.25) is 0 Å². The van der Waals surface area contributed by atoms with E-state index < -0.39 is 12.0 Å². The van der Waals surface area contributed by atoms with Gasteiger partial charge in [0.05, 0.1) is 14.2 Å². The molecule has 0 spiro atoms. The molecular formula is C24H28FN5O3S. The zero-order valence-electron chi connectivity index (χ0n) is 19.8. The summed E-state index contributed by atoms with van der Waals surface area (Å²) in [4.78, 5) is 28.5. The third-order valence-corrected chi connectivity index (χ3v) is 5.74. The topological polar surface area (TPSA) is 89.5 Å². The first-order valence-corrected chi connectivity index (χ1v) is 11.5. The molecule has 10 heteroatoms. The number of esters is 1. The molecule has 2 aromatic carbocycles. The molecule has 0 radical (unpaired) electrons. The van der Waals surface area contributed by atoms with Crippen molar-refractivity contribution in [2.45, 2.75) is 36.4 Å². The Morgan fingerprint density at radius 1 is 1.12 bits per heavy atom. The number of hydrogen-bond acceptors (Lipinski definition) is 9. The SMILES string of the molecule is COC(=O)[C@H](CC(C)C)Nc1nc(Sc2ccc(OC)cc2)nc(N(C)c2cccc(F)c2)n1. The number of benzene rings is 2. The second kappa shape index (κ2) is 11.6. The highest BCUT2D eigenvalue weighted by molar-refractivity contribution is 7.99. The molecule has 0 amide bonds. The van der Waals surface area contributed by atoms with Crippen LogP contribution in [0.2, 0.25) is 0 Å². The van der Waals surface area contributed by atoms with Crippen molar-refractivity contribution in [3.63, 3.8) is 0 Å². The minimum Gasteiger partial charge on any atom is -0.497 e. The van der Waals surface area contributed by atoms with E-state index in [1.165, 1.54) is 31.0 Å². The molecule has 0 aliphatic carbocycles. The number of methoxy groups -OCH3 is 2. The van der Waals surface area contributed by atoms with Crippen LogP contribution in [0.3, 0.4) is 0 Å². The molecule has 0 aliphatic rings. The first-order valence-electron chi connectivity index (χ1n) is 10.7. The van der Waals surface area contributed by atoms with Crippen LogP contribution in [0.15, 0.2) is 58.6 Å². The molecule has 1 aromatic heterocycles. The average molecular weight is 486 g/mol. The quantitative estimate of drug-likeness (QED) is 0.401. The van der Waals surface area contributed by atoms with Crippen molar-refractivity contribution in [3.8, 4) is 5.75 Å². The van der Waals surface area contributed by atoms with Crippen LogP contribution in [0, 0.1) is 11.7 Å². The summed E-state index contributed by atoms with van der Waals surface area (Å²) in [6.45, 7) is 4.03. The van der Waals surface area contributed by atoms with Gasteiger partial charge in [-0.05, 0) is 66.6 Å². The van der Waals surface area contributed by atoms with E-state index in [4.69, 9.17) is 9.47 Å². The van der Waals surface area contributed by atoms with E-state index in [1.54, 1.807) is 31.2 Å². The number of hydrogen-bond donors (Lipinski definition) is 1. The van der Waals surface area contributed by atoms with Crippen LogP contribution in [0.4, 0.5) is 22.0 Å². The van der Waals surface area contributed by atoms with Crippen LogP contribution in [0.1, 0.15) is 20.3 Å². The Balaban J connectivity index is 1.98. The number of carbonyl (C=O) groups excluding carboxylic acids is 1. The third-order valence-electron chi connectivity index (χ3n) is 4.86. The lowest BCUT2D eigenvalue weighted by molar-refractivity contribution is -0.141.